The SMILES string of the molecule is Nc1cnn(CCNC(=O)c2cccc(Br)c2)c1. The average Bonchev–Trinajstić information content (AvgIpc) is 2.75. The molecule has 6 heteroatoms. The van der Waals surface area contributed by atoms with Gasteiger partial charge in [0.05, 0.1) is 18.4 Å². The van der Waals surface area contributed by atoms with Gasteiger partial charge in [-0.25, -0.2) is 0 Å². The quantitative estimate of drug-likeness (QED) is 0.902. The number of hydrogen-bond donors (Lipinski definition) is 2. The molecule has 0 radical (unpaired) electrons. The summed E-state index contributed by atoms with van der Waals surface area (Å²) in [6.45, 7) is 1.10. The standard InChI is InChI=1S/C12H13BrN4O/c13-10-3-1-2-9(6-10)12(18)15-4-5-17-8-11(14)7-16-17/h1-3,6-8H,4-5,14H2,(H,15,18). The zero-order chi connectivity index (χ0) is 13.0. The zero-order valence-corrected chi connectivity index (χ0v) is 11.2. The number of amides is 1. The number of carbonyl (C=O) groups is 1. The van der Waals surface area contributed by atoms with Crippen LogP contribution in [0.2, 0.25) is 0 Å². The van der Waals surface area contributed by atoms with Crippen LogP contribution in [-0.4, -0.2) is 22.2 Å². The van der Waals surface area contributed by atoms with E-state index in [-0.39, 0.29) is 5.91 Å². The fraction of sp³-hybridized carbons (Fsp3) is 0.167. The van der Waals surface area contributed by atoms with Gasteiger partial charge in [-0.05, 0) is 18.2 Å². The fourth-order valence-electron chi connectivity index (χ4n) is 1.52. The number of halogens is 1. The van der Waals surface area contributed by atoms with Gasteiger partial charge in [0.1, 0.15) is 0 Å². The maximum absolute atomic E-state index is 11.8. The number of hydrogen-bond acceptors (Lipinski definition) is 3. The van der Waals surface area contributed by atoms with E-state index in [0.717, 1.165) is 4.47 Å². The van der Waals surface area contributed by atoms with Crippen LogP contribution < -0.4 is 11.1 Å². The molecule has 1 aromatic carbocycles. The molecule has 0 spiro atoms. The van der Waals surface area contributed by atoms with Crippen molar-refractivity contribution in [1.82, 2.24) is 15.1 Å². The Morgan fingerprint density at radius 3 is 3.00 bits per heavy atom. The molecule has 18 heavy (non-hydrogen) atoms. The van der Waals surface area contributed by atoms with Crippen LogP contribution in [0.25, 0.3) is 0 Å². The molecule has 94 valence electrons. The number of aromatic nitrogens is 2. The highest BCUT2D eigenvalue weighted by Crippen LogP contribution is 2.11. The van der Waals surface area contributed by atoms with Crippen LogP contribution in [0.15, 0.2) is 41.1 Å². The Kier molecular flexibility index (Phi) is 3.99. The van der Waals surface area contributed by atoms with Crippen molar-refractivity contribution in [2.75, 3.05) is 12.3 Å². The lowest BCUT2D eigenvalue weighted by Gasteiger charge is -2.05. The molecular weight excluding hydrogens is 296 g/mol. The van der Waals surface area contributed by atoms with Crippen LogP contribution in [0.1, 0.15) is 10.4 Å². The van der Waals surface area contributed by atoms with Gasteiger partial charge >= 0.3 is 0 Å². The molecule has 0 aliphatic rings. The van der Waals surface area contributed by atoms with Crippen LogP contribution in [-0.2, 0) is 6.54 Å². The van der Waals surface area contributed by atoms with E-state index in [1.807, 2.05) is 12.1 Å². The Balaban J connectivity index is 1.85. The first-order valence-corrected chi connectivity index (χ1v) is 6.26. The van der Waals surface area contributed by atoms with Crippen LogP contribution >= 0.6 is 15.9 Å². The highest BCUT2D eigenvalue weighted by atomic mass is 79.9. The second-order valence-electron chi connectivity index (χ2n) is 3.80. The Hall–Kier alpha value is -1.82. The molecule has 0 saturated heterocycles. The second-order valence-corrected chi connectivity index (χ2v) is 4.72. The monoisotopic (exact) mass is 308 g/mol. The predicted molar refractivity (Wildman–Crippen MR) is 73.1 cm³/mol. The van der Waals surface area contributed by atoms with Crippen molar-refractivity contribution in [3.8, 4) is 0 Å². The van der Waals surface area contributed by atoms with Crippen molar-refractivity contribution in [2.45, 2.75) is 6.54 Å². The minimum absolute atomic E-state index is 0.101. The molecule has 1 heterocycles. The van der Waals surface area contributed by atoms with Crippen molar-refractivity contribution in [2.24, 2.45) is 0 Å². The lowest BCUT2D eigenvalue weighted by molar-refractivity contribution is 0.0952. The first-order chi connectivity index (χ1) is 8.65. The summed E-state index contributed by atoms with van der Waals surface area (Å²) in [4.78, 5) is 11.8. The van der Waals surface area contributed by atoms with Gasteiger partial charge in [-0.1, -0.05) is 22.0 Å². The van der Waals surface area contributed by atoms with E-state index in [0.29, 0.717) is 24.3 Å². The average molecular weight is 309 g/mol. The van der Waals surface area contributed by atoms with E-state index < -0.39 is 0 Å². The predicted octanol–water partition coefficient (Wildman–Crippen LogP) is 1.66. The summed E-state index contributed by atoms with van der Waals surface area (Å²) >= 11 is 3.33. The van der Waals surface area contributed by atoms with Crippen LogP contribution in [0, 0.1) is 0 Å². The van der Waals surface area contributed by atoms with Crippen molar-refractivity contribution in [1.29, 1.82) is 0 Å². The second kappa shape index (κ2) is 5.68. The number of nitrogens with zero attached hydrogens (tertiary/aromatic N) is 2. The first kappa shape index (κ1) is 12.6. The number of benzene rings is 1. The van der Waals surface area contributed by atoms with Crippen LogP contribution in [0.3, 0.4) is 0 Å². The molecule has 3 N–H and O–H groups in total. The summed E-state index contributed by atoms with van der Waals surface area (Å²) in [5.41, 5.74) is 6.79. The maximum Gasteiger partial charge on any atom is 0.251 e. The maximum atomic E-state index is 11.8. The third kappa shape index (κ3) is 3.33. The molecule has 0 aliphatic carbocycles. The number of carbonyl (C=O) groups excluding carboxylic acids is 1. The number of anilines is 1. The van der Waals surface area contributed by atoms with Gasteiger partial charge < -0.3 is 11.1 Å². The lowest BCUT2D eigenvalue weighted by Crippen LogP contribution is -2.27. The number of nitrogens with two attached hydrogens (primary N) is 1. The summed E-state index contributed by atoms with van der Waals surface area (Å²) in [5, 5.41) is 6.85. The van der Waals surface area contributed by atoms with E-state index in [2.05, 4.69) is 26.3 Å². The fourth-order valence-corrected chi connectivity index (χ4v) is 1.92. The smallest absolute Gasteiger partial charge is 0.251 e. The summed E-state index contributed by atoms with van der Waals surface area (Å²) in [6.07, 6.45) is 3.31. The number of nitrogen functional groups attached to an aromatic ring is 1. The van der Waals surface area contributed by atoms with E-state index in [9.17, 15) is 4.79 Å². The molecule has 0 aliphatic heterocycles. The first-order valence-electron chi connectivity index (χ1n) is 5.47. The van der Waals surface area contributed by atoms with Crippen molar-refractivity contribution < 1.29 is 4.79 Å². The topological polar surface area (TPSA) is 72.9 Å². The summed E-state index contributed by atoms with van der Waals surface area (Å²) in [6, 6.07) is 7.25. The Morgan fingerprint density at radius 2 is 2.33 bits per heavy atom. The summed E-state index contributed by atoms with van der Waals surface area (Å²) < 4.78 is 2.58. The molecular formula is C12H13BrN4O. The van der Waals surface area contributed by atoms with E-state index in [1.165, 1.54) is 0 Å². The highest BCUT2D eigenvalue weighted by Gasteiger charge is 2.04. The van der Waals surface area contributed by atoms with Crippen molar-refractivity contribution >= 4 is 27.5 Å². The Bertz CT molecular complexity index is 553. The van der Waals surface area contributed by atoms with Gasteiger partial charge in [0.15, 0.2) is 0 Å². The van der Waals surface area contributed by atoms with E-state index in [4.69, 9.17) is 5.73 Å². The molecule has 0 fully saturated rings. The molecule has 0 bridgehead atoms. The highest BCUT2D eigenvalue weighted by molar-refractivity contribution is 9.10. The largest absolute Gasteiger partial charge is 0.396 e. The molecule has 2 aromatic rings. The molecule has 1 aromatic heterocycles. The van der Waals surface area contributed by atoms with E-state index in [1.54, 1.807) is 29.2 Å². The zero-order valence-electron chi connectivity index (χ0n) is 9.64. The third-order valence-electron chi connectivity index (χ3n) is 2.37. The molecule has 0 unspecified atom stereocenters. The van der Waals surface area contributed by atoms with Crippen molar-refractivity contribution in [3.63, 3.8) is 0 Å². The summed E-state index contributed by atoms with van der Waals surface area (Å²) in [5.74, 6) is -0.101. The Labute approximate surface area is 113 Å². The number of nitrogens with one attached hydrogen (secondary N) is 1. The van der Waals surface area contributed by atoms with Crippen LogP contribution in [0.5, 0.6) is 0 Å². The lowest BCUT2D eigenvalue weighted by atomic mass is 10.2. The van der Waals surface area contributed by atoms with Gasteiger partial charge in [-0.2, -0.15) is 5.10 Å². The van der Waals surface area contributed by atoms with Crippen molar-refractivity contribution in [3.05, 3.63) is 46.7 Å². The van der Waals surface area contributed by atoms with E-state index >= 15 is 0 Å². The molecule has 5 nitrogen and oxygen atoms in total. The normalized spacial score (nSPS) is 10.3. The summed E-state index contributed by atoms with van der Waals surface area (Å²) in [7, 11) is 0. The molecule has 1 amide bonds. The molecule has 0 atom stereocenters. The van der Waals surface area contributed by atoms with Gasteiger partial charge in [-0.3, -0.25) is 9.48 Å². The minimum Gasteiger partial charge on any atom is -0.396 e. The number of rotatable bonds is 4. The Morgan fingerprint density at radius 1 is 1.50 bits per heavy atom. The molecule has 2 rings (SSSR count). The third-order valence-corrected chi connectivity index (χ3v) is 2.86. The van der Waals surface area contributed by atoms with Gasteiger partial charge in [0.25, 0.3) is 5.91 Å². The molecule has 0 saturated carbocycles. The van der Waals surface area contributed by atoms with Crippen LogP contribution in [0.4, 0.5) is 5.69 Å². The van der Waals surface area contributed by atoms with Gasteiger partial charge in [-0.15, -0.1) is 0 Å². The van der Waals surface area contributed by atoms with Gasteiger partial charge in [0.2, 0.25) is 0 Å². The minimum atomic E-state index is -0.101. The van der Waals surface area contributed by atoms with Gasteiger partial charge in [0, 0.05) is 22.8 Å².